The molecular formula is C65H104O29. The SMILES string of the molecule is CC(=O)OC1C(OC2C(OC(=O)C34CCC(C)(C)CC3C3=CCC5C6(C)CC(O)C(OC7OC(C)C(O)C(O)C7O)C(C)(CO)C6CCC5(C)C3(C)CC4O)OC(C)C(OC(=O)CC(C)O)C2O)OC(C)C(OC2OCC(O)C(OC3OC(C)C(O)C(O)C3O)C2O)C1O. The molecule has 4 saturated carbocycles. The Morgan fingerprint density at radius 2 is 1.13 bits per heavy atom. The Bertz CT molecular complexity index is 2720. The molecule has 0 spiro atoms. The van der Waals surface area contributed by atoms with Crippen molar-refractivity contribution in [2.75, 3.05) is 13.2 Å². The van der Waals surface area contributed by atoms with Gasteiger partial charge in [0.05, 0.1) is 68.5 Å². The largest absolute Gasteiger partial charge is 0.457 e. The summed E-state index contributed by atoms with van der Waals surface area (Å²) in [6.45, 7) is 19.8. The normalized spacial score (nSPS) is 52.9. The molecule has 10 rings (SSSR count). The van der Waals surface area contributed by atoms with Crippen molar-refractivity contribution < 1.29 is 143 Å². The Labute approximate surface area is 546 Å². The van der Waals surface area contributed by atoms with Crippen molar-refractivity contribution in [1.82, 2.24) is 0 Å². The van der Waals surface area contributed by atoms with Crippen LogP contribution >= 0.6 is 0 Å². The molecular weight excluding hydrogens is 1240 g/mol. The van der Waals surface area contributed by atoms with Crippen molar-refractivity contribution in [3.05, 3.63) is 11.6 Å². The molecule has 0 aromatic carbocycles. The summed E-state index contributed by atoms with van der Waals surface area (Å²) >= 11 is 0. The number of ether oxygens (including phenoxy) is 12. The van der Waals surface area contributed by atoms with E-state index in [1.807, 2.05) is 6.92 Å². The highest BCUT2D eigenvalue weighted by Crippen LogP contribution is 2.76. The standard InChI is InChI=1S/C65H104O29/c1-25(67)19-38(72)89-48-28(4)87-58(52(45(48)79)92-57-51(88-30(6)68)46(80)49(29(5)86-57)90-54-47(81)50(34(70)23-83-54)91-55-43(77)41(75)39(73)26(2)84-55)94-59(82)65-18-17-60(7,8)20-32(65)31-13-14-36-61(9)21-33(69)53(93-56-44(78)42(76)40(74)27(3)85-56)62(10,24-66)35(61)15-16-63(36,11)64(31,12)22-37(65)71/h13,25-29,32-37,39-58,66-67,69-71,73-81H,14-24H2,1-12H3. The molecule has 29 heteroatoms. The molecule has 0 aromatic heterocycles. The molecule has 5 aliphatic carbocycles. The van der Waals surface area contributed by atoms with Crippen molar-refractivity contribution in [2.24, 2.45) is 50.2 Å². The molecule has 9 fully saturated rings. The Morgan fingerprint density at radius 1 is 0.564 bits per heavy atom. The molecule has 0 bridgehead atoms. The van der Waals surface area contributed by atoms with Crippen molar-refractivity contribution in [3.63, 3.8) is 0 Å². The number of hydrogen-bond acceptors (Lipinski definition) is 29. The third kappa shape index (κ3) is 12.8. The number of aliphatic hydroxyl groups is 14. The zero-order valence-electron chi connectivity index (χ0n) is 55.6. The van der Waals surface area contributed by atoms with E-state index < -0.39 is 242 Å². The van der Waals surface area contributed by atoms with Crippen LogP contribution in [-0.2, 0) is 71.2 Å². The summed E-state index contributed by atoms with van der Waals surface area (Å²) < 4.78 is 72.3. The van der Waals surface area contributed by atoms with Gasteiger partial charge in [0.15, 0.2) is 43.5 Å². The van der Waals surface area contributed by atoms with Gasteiger partial charge in [-0.3, -0.25) is 14.4 Å². The minimum Gasteiger partial charge on any atom is -0.457 e. The van der Waals surface area contributed by atoms with Crippen molar-refractivity contribution in [3.8, 4) is 0 Å². The van der Waals surface area contributed by atoms with Crippen LogP contribution in [0.1, 0.15) is 141 Å². The fraction of sp³-hybridized carbons (Fsp3) is 0.923. The van der Waals surface area contributed by atoms with Gasteiger partial charge in [-0.1, -0.05) is 53.2 Å². The highest BCUT2D eigenvalue weighted by Gasteiger charge is 2.73. The van der Waals surface area contributed by atoms with Gasteiger partial charge < -0.3 is 128 Å². The van der Waals surface area contributed by atoms with Crippen LogP contribution in [0.3, 0.4) is 0 Å². The van der Waals surface area contributed by atoms with Crippen LogP contribution in [0, 0.1) is 50.2 Å². The van der Waals surface area contributed by atoms with Gasteiger partial charge in [-0.2, -0.15) is 0 Å². The quantitative estimate of drug-likeness (QED) is 0.0378. The molecule has 538 valence electrons. The Morgan fingerprint density at radius 3 is 1.73 bits per heavy atom. The summed E-state index contributed by atoms with van der Waals surface area (Å²) in [5.41, 5.74) is -4.19. The van der Waals surface area contributed by atoms with E-state index in [1.165, 1.54) is 34.6 Å². The average molecular weight is 1350 g/mol. The van der Waals surface area contributed by atoms with E-state index in [4.69, 9.17) is 56.8 Å². The van der Waals surface area contributed by atoms with Gasteiger partial charge in [0.2, 0.25) is 6.29 Å². The van der Waals surface area contributed by atoms with Gasteiger partial charge >= 0.3 is 17.9 Å². The number of aliphatic hydroxyl groups excluding tert-OH is 14. The van der Waals surface area contributed by atoms with Crippen LogP contribution < -0.4 is 0 Å². The Balaban J connectivity index is 0.922. The first-order valence-corrected chi connectivity index (χ1v) is 33.4. The number of fused-ring (bicyclic) bond motifs is 7. The highest BCUT2D eigenvalue weighted by atomic mass is 16.8. The smallest absolute Gasteiger partial charge is 0.317 e. The first kappa shape index (κ1) is 73.9. The lowest BCUT2D eigenvalue weighted by atomic mass is 9.33. The highest BCUT2D eigenvalue weighted by molar-refractivity contribution is 5.80. The average Bonchev–Trinajstić information content (AvgIpc) is 0.672. The van der Waals surface area contributed by atoms with Crippen molar-refractivity contribution in [1.29, 1.82) is 0 Å². The maximum Gasteiger partial charge on any atom is 0.317 e. The number of esters is 3. The fourth-order valence-electron chi connectivity index (χ4n) is 18.7. The Kier molecular flexibility index (Phi) is 21.5. The van der Waals surface area contributed by atoms with Crippen molar-refractivity contribution in [2.45, 2.75) is 313 Å². The van der Waals surface area contributed by atoms with E-state index in [0.29, 0.717) is 32.1 Å². The molecule has 5 heterocycles. The predicted octanol–water partition coefficient (Wildman–Crippen LogP) is -1.65. The predicted molar refractivity (Wildman–Crippen MR) is 318 cm³/mol. The number of carbonyl (C=O) groups is 3. The molecule has 0 radical (unpaired) electrons. The van der Waals surface area contributed by atoms with E-state index in [0.717, 1.165) is 12.5 Å². The molecule has 36 atom stereocenters. The van der Waals surface area contributed by atoms with E-state index in [-0.39, 0.29) is 36.5 Å². The van der Waals surface area contributed by atoms with Crippen LogP contribution in [0.5, 0.6) is 0 Å². The molecule has 94 heavy (non-hydrogen) atoms. The zero-order chi connectivity index (χ0) is 69.2. The zero-order valence-corrected chi connectivity index (χ0v) is 55.6. The second-order valence-corrected chi connectivity index (χ2v) is 30.8. The maximum atomic E-state index is 15.9. The molecule has 0 aromatic rings. The third-order valence-electron chi connectivity index (χ3n) is 24.1. The third-order valence-corrected chi connectivity index (χ3v) is 24.1. The summed E-state index contributed by atoms with van der Waals surface area (Å²) in [6, 6.07) is 0. The fourth-order valence-corrected chi connectivity index (χ4v) is 18.7. The van der Waals surface area contributed by atoms with E-state index in [2.05, 4.69) is 40.7 Å². The summed E-state index contributed by atoms with van der Waals surface area (Å²) in [6.07, 6.45) is -38.6. The van der Waals surface area contributed by atoms with E-state index >= 15 is 4.79 Å². The summed E-state index contributed by atoms with van der Waals surface area (Å²) in [7, 11) is 0. The molecule has 10 aliphatic rings. The van der Waals surface area contributed by atoms with Gasteiger partial charge in [-0.05, 0) is 125 Å². The van der Waals surface area contributed by atoms with Gasteiger partial charge in [0, 0.05) is 12.3 Å². The number of rotatable bonds is 15. The van der Waals surface area contributed by atoms with Gasteiger partial charge in [-0.25, -0.2) is 0 Å². The van der Waals surface area contributed by atoms with Crippen LogP contribution in [0.25, 0.3) is 0 Å². The monoisotopic (exact) mass is 1350 g/mol. The lowest BCUT2D eigenvalue weighted by Gasteiger charge is -2.72. The second kappa shape index (κ2) is 27.3. The van der Waals surface area contributed by atoms with Gasteiger partial charge in [0.25, 0.3) is 0 Å². The molecule has 14 N–H and O–H groups in total. The molecule has 5 aliphatic heterocycles. The van der Waals surface area contributed by atoms with Crippen LogP contribution in [0.2, 0.25) is 0 Å². The summed E-state index contributed by atoms with van der Waals surface area (Å²) in [5, 5.41) is 158. The van der Waals surface area contributed by atoms with Gasteiger partial charge in [-0.15, -0.1) is 0 Å². The molecule has 0 amide bonds. The first-order valence-electron chi connectivity index (χ1n) is 33.4. The first-order chi connectivity index (χ1) is 43.8. The number of hydrogen-bond donors (Lipinski definition) is 14. The second-order valence-electron chi connectivity index (χ2n) is 30.8. The van der Waals surface area contributed by atoms with E-state index in [9.17, 15) is 81.1 Å². The lowest BCUT2D eigenvalue weighted by Crippen LogP contribution is -2.70. The number of allylic oxidation sites excluding steroid dienone is 2. The maximum absolute atomic E-state index is 15.9. The number of carbonyl (C=O) groups excluding carboxylic acids is 3. The summed E-state index contributed by atoms with van der Waals surface area (Å²) in [4.78, 5) is 42.1. The minimum atomic E-state index is -1.95. The lowest BCUT2D eigenvalue weighted by molar-refractivity contribution is -0.380. The molecule has 36 unspecified atom stereocenters. The van der Waals surface area contributed by atoms with E-state index in [1.54, 1.807) is 0 Å². The molecule has 5 saturated heterocycles. The van der Waals surface area contributed by atoms with Crippen LogP contribution in [0.15, 0.2) is 11.6 Å². The summed E-state index contributed by atoms with van der Waals surface area (Å²) in [5.74, 6) is -3.87. The van der Waals surface area contributed by atoms with Crippen LogP contribution in [-0.4, -0.2) is 274 Å². The molecule has 29 nitrogen and oxygen atoms in total. The Hall–Kier alpha value is -2.77. The van der Waals surface area contributed by atoms with Gasteiger partial charge in [0.1, 0.15) is 78.7 Å². The topological polar surface area (TPSA) is 445 Å². The minimum absolute atomic E-state index is 0.0852. The van der Waals surface area contributed by atoms with Crippen molar-refractivity contribution >= 4 is 17.9 Å². The van der Waals surface area contributed by atoms with Crippen LogP contribution in [0.4, 0.5) is 0 Å².